The lowest BCUT2D eigenvalue weighted by molar-refractivity contribution is -0.121. The number of amides is 2. The Hall–Kier alpha value is -2.44. The highest BCUT2D eigenvalue weighted by Crippen LogP contribution is 2.25. The number of halogens is 2. The second kappa shape index (κ2) is 9.17. The molecule has 7 heteroatoms. The minimum Gasteiger partial charge on any atom is -0.326 e. The predicted octanol–water partition coefficient (Wildman–Crippen LogP) is 4.29. The lowest BCUT2D eigenvalue weighted by atomic mass is 9.95. The fourth-order valence-electron chi connectivity index (χ4n) is 3.38. The maximum Gasteiger partial charge on any atom is 0.227 e. The number of rotatable bonds is 5. The summed E-state index contributed by atoms with van der Waals surface area (Å²) in [5.74, 6) is -0.600. The zero-order valence-corrected chi connectivity index (χ0v) is 16.4. The summed E-state index contributed by atoms with van der Waals surface area (Å²) in [4.78, 5) is 25.9. The third-order valence-corrected chi connectivity index (χ3v) is 5.21. The van der Waals surface area contributed by atoms with Gasteiger partial charge in [-0.2, -0.15) is 0 Å². The van der Waals surface area contributed by atoms with Crippen molar-refractivity contribution in [3.63, 3.8) is 0 Å². The normalized spacial score (nSPS) is 15.2. The Balaban J connectivity index is 1.53. The number of piperidine rings is 1. The van der Waals surface area contributed by atoms with Gasteiger partial charge in [-0.15, -0.1) is 0 Å². The Morgan fingerprint density at radius 3 is 2.39 bits per heavy atom. The Morgan fingerprint density at radius 1 is 1.11 bits per heavy atom. The monoisotopic (exact) mass is 403 g/mol. The van der Waals surface area contributed by atoms with E-state index in [-0.39, 0.29) is 23.5 Å². The molecule has 0 atom stereocenters. The SMILES string of the molecule is CC(=O)Nc1cccc(NC(=O)C2CCN(Cc3c(F)cccc3Cl)CC2)c1. The van der Waals surface area contributed by atoms with E-state index in [0.717, 1.165) is 0 Å². The van der Waals surface area contributed by atoms with Crippen LogP contribution in [0.5, 0.6) is 0 Å². The van der Waals surface area contributed by atoms with E-state index in [1.165, 1.54) is 13.0 Å². The summed E-state index contributed by atoms with van der Waals surface area (Å²) < 4.78 is 14.0. The molecule has 2 aromatic carbocycles. The maximum atomic E-state index is 14.0. The van der Waals surface area contributed by atoms with Crippen molar-refractivity contribution in [3.05, 3.63) is 58.9 Å². The molecule has 2 N–H and O–H groups in total. The lowest BCUT2D eigenvalue weighted by Crippen LogP contribution is -2.38. The van der Waals surface area contributed by atoms with Crippen molar-refractivity contribution in [1.82, 2.24) is 4.90 Å². The largest absolute Gasteiger partial charge is 0.326 e. The highest BCUT2D eigenvalue weighted by Gasteiger charge is 2.26. The summed E-state index contributed by atoms with van der Waals surface area (Å²) in [6.45, 7) is 3.29. The van der Waals surface area contributed by atoms with Crippen molar-refractivity contribution >= 4 is 34.8 Å². The summed E-state index contributed by atoms with van der Waals surface area (Å²) in [6, 6.07) is 11.8. The van der Waals surface area contributed by atoms with Crippen molar-refractivity contribution < 1.29 is 14.0 Å². The number of likely N-dealkylation sites (tertiary alicyclic amines) is 1. The molecule has 0 aliphatic carbocycles. The maximum absolute atomic E-state index is 14.0. The molecular formula is C21H23ClFN3O2. The second-order valence-corrected chi connectivity index (χ2v) is 7.41. The zero-order chi connectivity index (χ0) is 20.1. The number of benzene rings is 2. The van der Waals surface area contributed by atoms with Crippen LogP contribution in [0, 0.1) is 11.7 Å². The predicted molar refractivity (Wildman–Crippen MR) is 109 cm³/mol. The zero-order valence-electron chi connectivity index (χ0n) is 15.7. The van der Waals surface area contributed by atoms with Crippen LogP contribution in [-0.2, 0) is 16.1 Å². The Bertz CT molecular complexity index is 846. The first-order valence-corrected chi connectivity index (χ1v) is 9.64. The van der Waals surface area contributed by atoms with Gasteiger partial charge < -0.3 is 10.6 Å². The molecule has 0 aromatic heterocycles. The molecule has 5 nitrogen and oxygen atoms in total. The van der Waals surface area contributed by atoms with Gasteiger partial charge in [0.05, 0.1) is 0 Å². The van der Waals surface area contributed by atoms with Gasteiger partial charge in [-0.3, -0.25) is 14.5 Å². The highest BCUT2D eigenvalue weighted by atomic mass is 35.5. The van der Waals surface area contributed by atoms with Crippen LogP contribution in [0.4, 0.5) is 15.8 Å². The molecule has 0 radical (unpaired) electrons. The van der Waals surface area contributed by atoms with Crippen molar-refractivity contribution in [1.29, 1.82) is 0 Å². The van der Waals surface area contributed by atoms with Crippen LogP contribution in [0.3, 0.4) is 0 Å². The van der Waals surface area contributed by atoms with Gasteiger partial charge in [-0.25, -0.2) is 4.39 Å². The molecule has 2 amide bonds. The van der Waals surface area contributed by atoms with Crippen molar-refractivity contribution in [2.45, 2.75) is 26.3 Å². The van der Waals surface area contributed by atoms with Crippen molar-refractivity contribution in [2.75, 3.05) is 23.7 Å². The molecule has 1 aliphatic rings. The molecule has 0 bridgehead atoms. The molecule has 1 heterocycles. The summed E-state index contributed by atoms with van der Waals surface area (Å²) in [6.07, 6.45) is 1.40. The molecule has 2 aromatic rings. The van der Waals surface area contributed by atoms with Gasteiger partial charge in [0, 0.05) is 41.3 Å². The highest BCUT2D eigenvalue weighted by molar-refractivity contribution is 6.31. The van der Waals surface area contributed by atoms with E-state index >= 15 is 0 Å². The van der Waals surface area contributed by atoms with Gasteiger partial charge in [0.15, 0.2) is 0 Å². The summed E-state index contributed by atoms with van der Waals surface area (Å²) in [5, 5.41) is 6.05. The number of nitrogens with one attached hydrogen (secondary N) is 2. The lowest BCUT2D eigenvalue weighted by Gasteiger charge is -2.31. The van der Waals surface area contributed by atoms with Crippen LogP contribution in [0.1, 0.15) is 25.3 Å². The van der Waals surface area contributed by atoms with E-state index < -0.39 is 0 Å². The standard InChI is InChI=1S/C21H23ClFN3O2/c1-14(27)24-16-4-2-5-17(12-16)25-21(28)15-8-10-26(11-9-15)13-18-19(22)6-3-7-20(18)23/h2-7,12,15H,8-11,13H2,1H3,(H,24,27)(H,25,28). The van der Waals surface area contributed by atoms with Crippen LogP contribution in [0.15, 0.2) is 42.5 Å². The first kappa shape index (κ1) is 20.3. The van der Waals surface area contributed by atoms with Crippen LogP contribution in [-0.4, -0.2) is 29.8 Å². The van der Waals surface area contributed by atoms with Crippen molar-refractivity contribution in [3.8, 4) is 0 Å². The van der Waals surface area contributed by atoms with Gasteiger partial charge in [0.1, 0.15) is 5.82 Å². The van der Waals surface area contributed by atoms with Crippen molar-refractivity contribution in [2.24, 2.45) is 5.92 Å². The second-order valence-electron chi connectivity index (χ2n) is 7.00. The van der Waals surface area contributed by atoms with Gasteiger partial charge in [-0.05, 0) is 56.3 Å². The van der Waals surface area contributed by atoms with Crippen LogP contribution >= 0.6 is 11.6 Å². The smallest absolute Gasteiger partial charge is 0.227 e. The molecule has 148 valence electrons. The number of carbonyl (C=O) groups excluding carboxylic acids is 2. The van der Waals surface area contributed by atoms with E-state index in [2.05, 4.69) is 15.5 Å². The van der Waals surface area contributed by atoms with E-state index in [0.29, 0.717) is 54.4 Å². The first-order valence-electron chi connectivity index (χ1n) is 9.26. The first-order chi connectivity index (χ1) is 13.4. The van der Waals surface area contributed by atoms with Gasteiger partial charge in [0.25, 0.3) is 0 Å². The quantitative estimate of drug-likeness (QED) is 0.782. The van der Waals surface area contributed by atoms with Crippen LogP contribution in [0.2, 0.25) is 5.02 Å². The minimum atomic E-state index is -0.300. The van der Waals surface area contributed by atoms with E-state index in [4.69, 9.17) is 11.6 Å². The fourth-order valence-corrected chi connectivity index (χ4v) is 3.61. The van der Waals surface area contributed by atoms with Gasteiger partial charge >= 0.3 is 0 Å². The molecule has 1 saturated heterocycles. The molecule has 1 fully saturated rings. The molecule has 0 spiro atoms. The number of hydrogen-bond donors (Lipinski definition) is 2. The Labute approximate surface area is 168 Å². The third kappa shape index (κ3) is 5.30. The Morgan fingerprint density at radius 2 is 1.75 bits per heavy atom. The summed E-state index contributed by atoms with van der Waals surface area (Å²) in [7, 11) is 0. The molecular weight excluding hydrogens is 381 g/mol. The van der Waals surface area contributed by atoms with Crippen LogP contribution in [0.25, 0.3) is 0 Å². The summed E-state index contributed by atoms with van der Waals surface area (Å²) in [5.41, 5.74) is 1.79. The van der Waals surface area contributed by atoms with Gasteiger partial charge in [0.2, 0.25) is 11.8 Å². The van der Waals surface area contributed by atoms with Crippen LogP contribution < -0.4 is 10.6 Å². The topological polar surface area (TPSA) is 61.4 Å². The number of nitrogens with zero attached hydrogens (tertiary/aromatic N) is 1. The fraction of sp³-hybridized carbons (Fsp3) is 0.333. The van der Waals surface area contributed by atoms with E-state index in [9.17, 15) is 14.0 Å². The number of anilines is 2. The molecule has 1 aliphatic heterocycles. The molecule has 28 heavy (non-hydrogen) atoms. The summed E-state index contributed by atoms with van der Waals surface area (Å²) >= 11 is 6.11. The average molecular weight is 404 g/mol. The molecule has 3 rings (SSSR count). The number of hydrogen-bond acceptors (Lipinski definition) is 3. The average Bonchev–Trinajstić information content (AvgIpc) is 2.65. The van der Waals surface area contributed by atoms with E-state index in [1.54, 1.807) is 36.4 Å². The van der Waals surface area contributed by atoms with E-state index in [1.807, 2.05) is 0 Å². The molecule has 0 unspecified atom stereocenters. The third-order valence-electron chi connectivity index (χ3n) is 4.85. The number of carbonyl (C=O) groups is 2. The molecule has 0 saturated carbocycles. The minimum absolute atomic E-state index is 0.0384. The van der Waals surface area contributed by atoms with Gasteiger partial charge in [-0.1, -0.05) is 23.7 Å². The Kier molecular flexibility index (Phi) is 6.65.